The number of amides is 1. The number of carbonyl (C=O) groups excluding carboxylic acids is 1. The van der Waals surface area contributed by atoms with E-state index in [1.807, 2.05) is 0 Å². The van der Waals surface area contributed by atoms with Gasteiger partial charge in [0.2, 0.25) is 5.91 Å². The van der Waals surface area contributed by atoms with Gasteiger partial charge in [-0.15, -0.1) is 0 Å². The molecule has 0 spiro atoms. The fourth-order valence-corrected chi connectivity index (χ4v) is 3.13. The summed E-state index contributed by atoms with van der Waals surface area (Å²) in [6.07, 6.45) is 0. The van der Waals surface area contributed by atoms with Gasteiger partial charge in [0.05, 0.1) is 24.2 Å². The predicted octanol–water partition coefficient (Wildman–Crippen LogP) is 1.68. The topological polar surface area (TPSA) is 82.6 Å². The third-order valence-corrected chi connectivity index (χ3v) is 4.63. The van der Waals surface area contributed by atoms with Crippen molar-refractivity contribution < 1.29 is 14.6 Å². The Morgan fingerprint density at radius 2 is 2.05 bits per heavy atom. The average molecular weight is 343 g/mol. The van der Waals surface area contributed by atoms with Gasteiger partial charge >= 0.3 is 0 Å². The molecule has 0 saturated heterocycles. The summed E-state index contributed by atoms with van der Waals surface area (Å²) in [6, 6.07) is 1.69. The first-order valence-corrected chi connectivity index (χ1v) is 7.21. The molecule has 8 heteroatoms. The second-order valence-corrected chi connectivity index (χ2v) is 5.70. The SMILES string of the molecule is COc1cc2c3c(c(=O)[nH]c2c(Cl)c1Cl)CN(C(=O)CO)C3. The Labute approximate surface area is 135 Å². The fourth-order valence-electron chi connectivity index (χ4n) is 2.66. The van der Waals surface area contributed by atoms with Crippen LogP contribution in [0.25, 0.3) is 10.9 Å². The summed E-state index contributed by atoms with van der Waals surface area (Å²) < 4.78 is 5.19. The van der Waals surface area contributed by atoms with Crippen molar-refractivity contribution in [2.45, 2.75) is 13.1 Å². The van der Waals surface area contributed by atoms with E-state index in [0.717, 1.165) is 0 Å². The van der Waals surface area contributed by atoms with Gasteiger partial charge in [-0.2, -0.15) is 0 Å². The number of ether oxygens (including phenoxy) is 1. The Kier molecular flexibility index (Phi) is 3.76. The Bertz CT molecular complexity index is 847. The smallest absolute Gasteiger partial charge is 0.253 e. The zero-order valence-corrected chi connectivity index (χ0v) is 13.1. The van der Waals surface area contributed by atoms with Gasteiger partial charge in [0.1, 0.15) is 17.4 Å². The lowest BCUT2D eigenvalue weighted by molar-refractivity contribution is -0.134. The molecule has 1 amide bonds. The lowest BCUT2D eigenvalue weighted by atomic mass is 10.1. The van der Waals surface area contributed by atoms with Crippen molar-refractivity contribution in [2.75, 3.05) is 13.7 Å². The van der Waals surface area contributed by atoms with Gasteiger partial charge in [-0.1, -0.05) is 23.2 Å². The third-order valence-electron chi connectivity index (χ3n) is 3.78. The van der Waals surface area contributed by atoms with E-state index >= 15 is 0 Å². The van der Waals surface area contributed by atoms with Crippen molar-refractivity contribution in [3.8, 4) is 5.75 Å². The van der Waals surface area contributed by atoms with E-state index in [1.54, 1.807) is 6.07 Å². The molecule has 0 fully saturated rings. The number of aromatic nitrogens is 1. The van der Waals surface area contributed by atoms with Gasteiger partial charge in [-0.3, -0.25) is 9.59 Å². The number of halogens is 2. The highest BCUT2D eigenvalue weighted by Crippen LogP contribution is 2.40. The van der Waals surface area contributed by atoms with E-state index in [9.17, 15) is 9.59 Å². The zero-order valence-electron chi connectivity index (χ0n) is 11.6. The van der Waals surface area contributed by atoms with Crippen LogP contribution in [0.15, 0.2) is 10.9 Å². The van der Waals surface area contributed by atoms with Crippen LogP contribution in [-0.4, -0.2) is 34.6 Å². The quantitative estimate of drug-likeness (QED) is 0.869. The first-order chi connectivity index (χ1) is 10.5. The summed E-state index contributed by atoms with van der Waals surface area (Å²) in [6.45, 7) is -0.210. The molecule has 6 nitrogen and oxygen atoms in total. The van der Waals surface area contributed by atoms with Crippen LogP contribution < -0.4 is 10.3 Å². The molecular weight excluding hydrogens is 331 g/mol. The minimum atomic E-state index is -0.597. The number of nitrogens with zero attached hydrogens (tertiary/aromatic N) is 1. The van der Waals surface area contributed by atoms with Gasteiger partial charge in [-0.25, -0.2) is 0 Å². The van der Waals surface area contributed by atoms with Gasteiger partial charge in [0.25, 0.3) is 5.56 Å². The molecule has 3 rings (SSSR count). The minimum Gasteiger partial charge on any atom is -0.495 e. The van der Waals surface area contributed by atoms with Crippen molar-refractivity contribution in [2.24, 2.45) is 0 Å². The lowest BCUT2D eigenvalue weighted by Crippen LogP contribution is -2.28. The van der Waals surface area contributed by atoms with Crippen LogP contribution in [0.2, 0.25) is 10.0 Å². The number of aromatic amines is 1. The monoisotopic (exact) mass is 342 g/mol. The number of nitrogens with one attached hydrogen (secondary N) is 1. The van der Waals surface area contributed by atoms with Crippen LogP contribution in [0.5, 0.6) is 5.75 Å². The largest absolute Gasteiger partial charge is 0.495 e. The lowest BCUT2D eigenvalue weighted by Gasteiger charge is -2.13. The van der Waals surface area contributed by atoms with Crippen LogP contribution in [0.4, 0.5) is 0 Å². The minimum absolute atomic E-state index is 0.155. The van der Waals surface area contributed by atoms with Crippen molar-refractivity contribution in [1.29, 1.82) is 0 Å². The summed E-state index contributed by atoms with van der Waals surface area (Å²) in [4.78, 5) is 28.0. The predicted molar refractivity (Wildman–Crippen MR) is 82.5 cm³/mol. The molecule has 1 aliphatic heterocycles. The van der Waals surface area contributed by atoms with Crippen LogP contribution in [0.3, 0.4) is 0 Å². The first kappa shape index (κ1) is 15.1. The highest BCUT2D eigenvalue weighted by molar-refractivity contribution is 6.46. The molecule has 116 valence electrons. The summed E-state index contributed by atoms with van der Waals surface area (Å²) in [5.74, 6) is -0.0453. The maximum absolute atomic E-state index is 12.2. The van der Waals surface area contributed by atoms with Crippen LogP contribution in [0, 0.1) is 0 Å². The van der Waals surface area contributed by atoms with Crippen LogP contribution >= 0.6 is 23.2 Å². The summed E-state index contributed by atoms with van der Waals surface area (Å²) >= 11 is 12.3. The molecule has 0 atom stereocenters. The molecule has 2 aromatic rings. The van der Waals surface area contributed by atoms with Gasteiger partial charge in [0, 0.05) is 17.5 Å². The van der Waals surface area contributed by atoms with E-state index in [0.29, 0.717) is 27.8 Å². The Morgan fingerprint density at radius 3 is 2.68 bits per heavy atom. The molecule has 2 N–H and O–H groups in total. The van der Waals surface area contributed by atoms with E-state index in [-0.39, 0.29) is 28.7 Å². The number of fused-ring (bicyclic) bond motifs is 3. The first-order valence-electron chi connectivity index (χ1n) is 6.46. The summed E-state index contributed by atoms with van der Waals surface area (Å²) in [5.41, 5.74) is 1.26. The molecule has 0 bridgehead atoms. The Hall–Kier alpha value is -1.76. The van der Waals surface area contributed by atoms with Crippen molar-refractivity contribution in [3.63, 3.8) is 0 Å². The summed E-state index contributed by atoms with van der Waals surface area (Å²) in [5, 5.41) is 10.1. The van der Waals surface area contributed by atoms with Crippen molar-refractivity contribution >= 4 is 40.0 Å². The van der Waals surface area contributed by atoms with E-state index < -0.39 is 12.5 Å². The fraction of sp³-hybridized carbons (Fsp3) is 0.286. The number of carbonyl (C=O) groups is 1. The molecule has 0 aliphatic carbocycles. The number of pyridine rings is 1. The highest BCUT2D eigenvalue weighted by atomic mass is 35.5. The molecule has 0 unspecified atom stereocenters. The van der Waals surface area contributed by atoms with Crippen LogP contribution in [-0.2, 0) is 17.9 Å². The Morgan fingerprint density at radius 1 is 1.36 bits per heavy atom. The van der Waals surface area contributed by atoms with Gasteiger partial charge in [0.15, 0.2) is 0 Å². The normalized spacial score (nSPS) is 13.5. The van der Waals surface area contributed by atoms with E-state index in [2.05, 4.69) is 4.98 Å². The van der Waals surface area contributed by atoms with Gasteiger partial charge in [-0.05, 0) is 11.6 Å². The average Bonchev–Trinajstić information content (AvgIpc) is 2.97. The second-order valence-electron chi connectivity index (χ2n) is 4.95. The van der Waals surface area contributed by atoms with Crippen LogP contribution in [0.1, 0.15) is 11.1 Å². The molecule has 0 radical (unpaired) electrons. The standard InChI is InChI=1S/C14H12Cl2N2O4/c1-22-9-2-6-7-3-18(10(20)5-19)4-8(7)14(21)17-13(6)12(16)11(9)15/h2,19H,3-5H2,1H3,(H,17,21). The molecular formula is C14H12Cl2N2O4. The van der Waals surface area contributed by atoms with E-state index in [4.69, 9.17) is 33.0 Å². The molecule has 0 saturated carbocycles. The second kappa shape index (κ2) is 5.46. The number of aliphatic hydroxyl groups is 1. The number of H-pyrrole nitrogens is 1. The Balaban J connectivity index is 2.27. The molecule has 1 aromatic heterocycles. The number of methoxy groups -OCH3 is 1. The molecule has 22 heavy (non-hydrogen) atoms. The number of hydrogen-bond donors (Lipinski definition) is 2. The summed E-state index contributed by atoms with van der Waals surface area (Å²) in [7, 11) is 1.47. The molecule has 1 aromatic carbocycles. The number of aliphatic hydroxyl groups excluding tert-OH is 1. The highest BCUT2D eigenvalue weighted by Gasteiger charge is 2.28. The van der Waals surface area contributed by atoms with E-state index in [1.165, 1.54) is 12.0 Å². The number of benzene rings is 1. The maximum Gasteiger partial charge on any atom is 0.253 e. The molecule has 2 heterocycles. The third kappa shape index (κ3) is 2.15. The zero-order chi connectivity index (χ0) is 16.0. The van der Waals surface area contributed by atoms with Crippen molar-refractivity contribution in [3.05, 3.63) is 37.6 Å². The van der Waals surface area contributed by atoms with Gasteiger partial charge < -0.3 is 19.7 Å². The number of rotatable bonds is 2. The number of hydrogen-bond acceptors (Lipinski definition) is 4. The van der Waals surface area contributed by atoms with Crippen molar-refractivity contribution in [1.82, 2.24) is 9.88 Å². The molecule has 1 aliphatic rings. The maximum atomic E-state index is 12.2.